The summed E-state index contributed by atoms with van der Waals surface area (Å²) in [4.78, 5) is 0. The summed E-state index contributed by atoms with van der Waals surface area (Å²) in [5.41, 5.74) is 0.576. The Labute approximate surface area is 113 Å². The Morgan fingerprint density at radius 2 is 2.35 bits per heavy atom. The quantitative estimate of drug-likeness (QED) is 0.424. The first-order chi connectivity index (χ1) is 8.08. The van der Waals surface area contributed by atoms with Crippen LogP contribution in [0.3, 0.4) is 0 Å². The molecule has 7 heteroatoms. The number of allylic oxidation sites excluding steroid dienone is 1. The SMILES string of the molecule is C=CC(=C)OC[C@H](O)Cn1nnc(I)c1CO. The van der Waals surface area contributed by atoms with Crippen molar-refractivity contribution in [3.8, 4) is 0 Å². The predicted molar refractivity (Wildman–Crippen MR) is 70.0 cm³/mol. The third-order valence-electron chi connectivity index (χ3n) is 2.01. The zero-order valence-electron chi connectivity index (χ0n) is 9.21. The molecule has 94 valence electrons. The second-order valence-electron chi connectivity index (χ2n) is 3.30. The highest BCUT2D eigenvalue weighted by Gasteiger charge is 2.13. The lowest BCUT2D eigenvalue weighted by molar-refractivity contribution is 0.0597. The fourth-order valence-corrected chi connectivity index (χ4v) is 1.66. The number of ether oxygens (including phenoxy) is 1. The molecule has 1 heterocycles. The summed E-state index contributed by atoms with van der Waals surface area (Å²) in [6.07, 6.45) is 0.707. The van der Waals surface area contributed by atoms with Crippen molar-refractivity contribution in [3.05, 3.63) is 34.4 Å². The molecule has 0 aliphatic heterocycles. The maximum absolute atomic E-state index is 9.70. The van der Waals surface area contributed by atoms with Gasteiger partial charge in [-0.1, -0.05) is 18.4 Å². The van der Waals surface area contributed by atoms with Crippen molar-refractivity contribution >= 4 is 22.6 Å². The van der Waals surface area contributed by atoms with Crippen LogP contribution in [0.2, 0.25) is 0 Å². The minimum atomic E-state index is -0.755. The molecule has 0 aliphatic carbocycles. The minimum Gasteiger partial charge on any atom is -0.491 e. The van der Waals surface area contributed by atoms with Crippen LogP contribution in [0.4, 0.5) is 0 Å². The molecule has 0 fully saturated rings. The maximum atomic E-state index is 9.70. The van der Waals surface area contributed by atoms with E-state index in [0.29, 0.717) is 15.2 Å². The van der Waals surface area contributed by atoms with E-state index in [2.05, 4.69) is 23.5 Å². The monoisotopic (exact) mass is 351 g/mol. The molecule has 17 heavy (non-hydrogen) atoms. The predicted octanol–water partition coefficient (Wildman–Crippen LogP) is 0.452. The summed E-state index contributed by atoms with van der Waals surface area (Å²) in [6, 6.07) is 0. The van der Waals surface area contributed by atoms with Gasteiger partial charge in [-0.2, -0.15) is 0 Å². The lowest BCUT2D eigenvalue weighted by Crippen LogP contribution is -2.23. The van der Waals surface area contributed by atoms with Gasteiger partial charge in [0.15, 0.2) is 0 Å². The van der Waals surface area contributed by atoms with Gasteiger partial charge in [-0.15, -0.1) is 5.10 Å². The van der Waals surface area contributed by atoms with Gasteiger partial charge >= 0.3 is 0 Å². The molecule has 1 aromatic rings. The molecule has 0 saturated carbocycles. The molecule has 1 aromatic heterocycles. The molecule has 0 radical (unpaired) electrons. The third-order valence-corrected chi connectivity index (χ3v) is 2.85. The Bertz CT molecular complexity index is 406. The van der Waals surface area contributed by atoms with Crippen LogP contribution >= 0.6 is 22.6 Å². The Morgan fingerprint density at radius 3 is 2.94 bits per heavy atom. The van der Waals surface area contributed by atoms with E-state index >= 15 is 0 Å². The smallest absolute Gasteiger partial charge is 0.149 e. The number of rotatable bonds is 7. The van der Waals surface area contributed by atoms with Gasteiger partial charge < -0.3 is 14.9 Å². The molecule has 0 saturated heterocycles. The highest BCUT2D eigenvalue weighted by Crippen LogP contribution is 2.09. The molecular weight excluding hydrogens is 337 g/mol. The normalized spacial score (nSPS) is 12.2. The third kappa shape index (κ3) is 4.10. The van der Waals surface area contributed by atoms with E-state index in [9.17, 15) is 5.11 Å². The zero-order chi connectivity index (χ0) is 12.8. The molecule has 0 bridgehead atoms. The van der Waals surface area contributed by atoms with Crippen molar-refractivity contribution in [2.45, 2.75) is 19.3 Å². The number of hydrogen-bond acceptors (Lipinski definition) is 5. The molecule has 0 amide bonds. The van der Waals surface area contributed by atoms with Crippen LogP contribution in [0.25, 0.3) is 0 Å². The van der Waals surface area contributed by atoms with Crippen LogP contribution in [-0.2, 0) is 17.9 Å². The van der Waals surface area contributed by atoms with Gasteiger partial charge in [0.25, 0.3) is 0 Å². The van der Waals surface area contributed by atoms with Crippen molar-refractivity contribution in [1.82, 2.24) is 15.0 Å². The Kier molecular flexibility index (Phi) is 5.59. The fraction of sp³-hybridized carbons (Fsp3) is 0.400. The van der Waals surface area contributed by atoms with Crippen LogP contribution in [0.5, 0.6) is 0 Å². The second kappa shape index (κ2) is 6.72. The van der Waals surface area contributed by atoms with Crippen molar-refractivity contribution in [1.29, 1.82) is 0 Å². The van der Waals surface area contributed by atoms with Gasteiger partial charge in [-0.05, 0) is 28.7 Å². The van der Waals surface area contributed by atoms with Crippen molar-refractivity contribution in [2.24, 2.45) is 0 Å². The summed E-state index contributed by atoms with van der Waals surface area (Å²) in [5, 5.41) is 26.4. The lowest BCUT2D eigenvalue weighted by Gasteiger charge is -2.13. The van der Waals surface area contributed by atoms with Gasteiger partial charge in [0.2, 0.25) is 0 Å². The molecule has 1 rings (SSSR count). The largest absolute Gasteiger partial charge is 0.491 e. The van der Waals surface area contributed by atoms with Crippen LogP contribution in [-0.4, -0.2) is 37.9 Å². The number of aliphatic hydroxyl groups is 2. The average molecular weight is 351 g/mol. The van der Waals surface area contributed by atoms with Crippen LogP contribution < -0.4 is 0 Å². The second-order valence-corrected chi connectivity index (χ2v) is 4.32. The summed E-state index contributed by atoms with van der Waals surface area (Å²) in [5.74, 6) is 0.402. The molecule has 0 aromatic carbocycles. The Morgan fingerprint density at radius 1 is 1.65 bits per heavy atom. The molecule has 1 atom stereocenters. The molecule has 0 spiro atoms. The minimum absolute atomic E-state index is 0.0894. The Hall–Kier alpha value is -0.930. The van der Waals surface area contributed by atoms with Gasteiger partial charge in [0.1, 0.15) is 22.2 Å². The van der Waals surface area contributed by atoms with Crippen LogP contribution in [0, 0.1) is 3.70 Å². The molecular formula is C10H14IN3O3. The number of aromatic nitrogens is 3. The van der Waals surface area contributed by atoms with E-state index in [0.717, 1.165) is 0 Å². The first-order valence-electron chi connectivity index (χ1n) is 4.89. The van der Waals surface area contributed by atoms with Crippen LogP contribution in [0.15, 0.2) is 25.0 Å². The van der Waals surface area contributed by atoms with Gasteiger partial charge in [-0.25, -0.2) is 4.68 Å². The van der Waals surface area contributed by atoms with E-state index < -0.39 is 6.10 Å². The summed E-state index contributed by atoms with van der Waals surface area (Å²) < 4.78 is 7.19. The number of halogens is 1. The first kappa shape index (κ1) is 14.1. The van der Waals surface area contributed by atoms with E-state index in [1.54, 1.807) is 0 Å². The summed E-state index contributed by atoms with van der Waals surface area (Å²) in [7, 11) is 0. The fourth-order valence-electron chi connectivity index (χ4n) is 1.12. The number of hydrogen-bond donors (Lipinski definition) is 2. The first-order valence-corrected chi connectivity index (χ1v) is 5.97. The van der Waals surface area contributed by atoms with Gasteiger partial charge in [0, 0.05) is 0 Å². The molecule has 0 aliphatic rings. The van der Waals surface area contributed by atoms with E-state index in [-0.39, 0.29) is 19.8 Å². The summed E-state index contributed by atoms with van der Waals surface area (Å²) >= 11 is 1.97. The highest BCUT2D eigenvalue weighted by atomic mass is 127. The van der Waals surface area contributed by atoms with E-state index in [1.165, 1.54) is 10.8 Å². The van der Waals surface area contributed by atoms with Gasteiger partial charge in [0.05, 0.1) is 18.8 Å². The van der Waals surface area contributed by atoms with Crippen molar-refractivity contribution in [3.63, 3.8) is 0 Å². The number of aliphatic hydroxyl groups excluding tert-OH is 2. The molecule has 0 unspecified atom stereocenters. The lowest BCUT2D eigenvalue weighted by atomic mass is 10.3. The Balaban J connectivity index is 2.52. The van der Waals surface area contributed by atoms with Crippen molar-refractivity contribution in [2.75, 3.05) is 6.61 Å². The van der Waals surface area contributed by atoms with Gasteiger partial charge in [-0.3, -0.25) is 0 Å². The molecule has 6 nitrogen and oxygen atoms in total. The van der Waals surface area contributed by atoms with Crippen LogP contribution in [0.1, 0.15) is 5.69 Å². The highest BCUT2D eigenvalue weighted by molar-refractivity contribution is 14.1. The van der Waals surface area contributed by atoms with E-state index in [4.69, 9.17) is 9.84 Å². The standard InChI is InChI=1S/C10H14IN3O3/c1-3-7(2)17-6-8(16)4-14-9(5-15)10(11)12-13-14/h3,8,15-16H,1-2,4-6H2/t8-/m1/s1. The topological polar surface area (TPSA) is 80.4 Å². The average Bonchev–Trinajstić information content (AvgIpc) is 2.66. The summed E-state index contributed by atoms with van der Waals surface area (Å²) in [6.45, 7) is 7.17. The maximum Gasteiger partial charge on any atom is 0.149 e. The van der Waals surface area contributed by atoms with E-state index in [1.807, 2.05) is 22.6 Å². The van der Waals surface area contributed by atoms with Crippen molar-refractivity contribution < 1.29 is 14.9 Å². The molecule has 2 N–H and O–H groups in total. The number of nitrogens with zero attached hydrogens (tertiary/aromatic N) is 3. The zero-order valence-corrected chi connectivity index (χ0v) is 11.4.